The number of phenols is 1. The highest BCUT2D eigenvalue weighted by Crippen LogP contribution is 2.39. The Hall–Kier alpha value is -1.75. The summed E-state index contributed by atoms with van der Waals surface area (Å²) in [7, 11) is 0. The number of nitrogens with one attached hydrogen (secondary N) is 2. The van der Waals surface area contributed by atoms with Gasteiger partial charge in [-0.05, 0) is 64.2 Å². The minimum Gasteiger partial charge on any atom is -0.508 e. The zero-order valence-electron chi connectivity index (χ0n) is 14.5. The van der Waals surface area contributed by atoms with E-state index in [-0.39, 0.29) is 17.4 Å². The number of hydrogen-bond donors (Lipinski definition) is 3. The first kappa shape index (κ1) is 17.6. The Balaban J connectivity index is 1.88. The maximum atomic E-state index is 11.9. The molecule has 1 aromatic rings. The van der Waals surface area contributed by atoms with Crippen LogP contribution in [-0.4, -0.2) is 28.9 Å². The third kappa shape index (κ3) is 5.75. The van der Waals surface area contributed by atoms with Crippen LogP contribution < -0.4 is 10.6 Å². The molecule has 0 spiro atoms. The summed E-state index contributed by atoms with van der Waals surface area (Å²) < 4.78 is 5.30. The maximum absolute atomic E-state index is 11.9. The molecule has 1 atom stereocenters. The molecule has 1 saturated carbocycles. The second kappa shape index (κ2) is 6.79. The van der Waals surface area contributed by atoms with Crippen LogP contribution >= 0.6 is 0 Å². The van der Waals surface area contributed by atoms with Crippen molar-refractivity contribution < 1.29 is 14.6 Å². The van der Waals surface area contributed by atoms with Crippen molar-refractivity contribution >= 4 is 6.09 Å². The molecule has 0 bridgehead atoms. The van der Waals surface area contributed by atoms with Gasteiger partial charge in [-0.15, -0.1) is 0 Å². The second-order valence-electron chi connectivity index (χ2n) is 7.57. The van der Waals surface area contributed by atoms with E-state index in [4.69, 9.17) is 4.74 Å². The van der Waals surface area contributed by atoms with Crippen molar-refractivity contribution in [1.82, 2.24) is 10.6 Å². The van der Waals surface area contributed by atoms with Crippen molar-refractivity contribution in [3.8, 4) is 5.75 Å². The molecule has 0 radical (unpaired) electrons. The van der Waals surface area contributed by atoms with Crippen LogP contribution in [0, 0.1) is 5.92 Å². The number of benzene rings is 1. The molecule has 2 rings (SSSR count). The molecule has 1 unspecified atom stereocenters. The van der Waals surface area contributed by atoms with Crippen molar-refractivity contribution in [3.05, 3.63) is 29.8 Å². The lowest BCUT2D eigenvalue weighted by Crippen LogP contribution is -2.53. The monoisotopic (exact) mass is 320 g/mol. The van der Waals surface area contributed by atoms with E-state index in [1.165, 1.54) is 12.8 Å². The minimum atomic E-state index is -0.487. The summed E-state index contributed by atoms with van der Waals surface area (Å²) in [6, 6.07) is 7.17. The number of hydrogen-bond acceptors (Lipinski definition) is 4. The summed E-state index contributed by atoms with van der Waals surface area (Å²) in [6.45, 7) is 8.94. The fraction of sp³-hybridized carbons (Fsp3) is 0.611. The molecule has 5 nitrogen and oxygen atoms in total. The number of carbonyl (C=O) groups excluding carboxylic acids is 1. The lowest BCUT2D eigenvalue weighted by Gasteiger charge is -2.32. The Morgan fingerprint density at radius 3 is 2.35 bits per heavy atom. The fourth-order valence-electron chi connectivity index (χ4n) is 2.56. The molecule has 1 aliphatic rings. The maximum Gasteiger partial charge on any atom is 0.407 e. The van der Waals surface area contributed by atoms with E-state index in [0.29, 0.717) is 19.0 Å². The predicted molar refractivity (Wildman–Crippen MR) is 90.3 cm³/mol. The van der Waals surface area contributed by atoms with Gasteiger partial charge in [0, 0.05) is 18.6 Å². The van der Waals surface area contributed by atoms with Crippen LogP contribution in [0.2, 0.25) is 0 Å². The van der Waals surface area contributed by atoms with Gasteiger partial charge in [0.05, 0.1) is 0 Å². The van der Waals surface area contributed by atoms with Gasteiger partial charge in [-0.25, -0.2) is 4.79 Å². The van der Waals surface area contributed by atoms with Crippen LogP contribution in [0.3, 0.4) is 0 Å². The van der Waals surface area contributed by atoms with Gasteiger partial charge in [-0.1, -0.05) is 12.1 Å². The fourth-order valence-corrected chi connectivity index (χ4v) is 2.56. The molecule has 1 fully saturated rings. The van der Waals surface area contributed by atoms with Crippen molar-refractivity contribution in [2.45, 2.75) is 58.2 Å². The van der Waals surface area contributed by atoms with Crippen LogP contribution in [-0.2, 0) is 11.3 Å². The largest absolute Gasteiger partial charge is 0.508 e. The van der Waals surface area contributed by atoms with Crippen molar-refractivity contribution in [1.29, 1.82) is 0 Å². The summed E-state index contributed by atoms with van der Waals surface area (Å²) >= 11 is 0. The molecule has 23 heavy (non-hydrogen) atoms. The molecule has 1 aromatic carbocycles. The average Bonchev–Trinajstić information content (AvgIpc) is 3.28. The van der Waals surface area contributed by atoms with E-state index < -0.39 is 5.60 Å². The molecular weight excluding hydrogens is 292 g/mol. The van der Waals surface area contributed by atoms with E-state index in [0.717, 1.165) is 5.56 Å². The Morgan fingerprint density at radius 1 is 1.22 bits per heavy atom. The van der Waals surface area contributed by atoms with Gasteiger partial charge in [0.2, 0.25) is 0 Å². The zero-order valence-corrected chi connectivity index (χ0v) is 14.5. The van der Waals surface area contributed by atoms with Gasteiger partial charge in [0.15, 0.2) is 0 Å². The SMILES string of the molecule is CC(C)(C)OC(=O)NCC(C)(NCc1ccc(O)cc1)C1CC1. The first-order chi connectivity index (χ1) is 10.7. The number of rotatable bonds is 6. The molecule has 1 amide bonds. The van der Waals surface area contributed by atoms with Crippen LogP contribution in [0.4, 0.5) is 4.79 Å². The molecule has 5 heteroatoms. The third-order valence-electron chi connectivity index (χ3n) is 4.11. The zero-order chi connectivity index (χ0) is 17.1. The predicted octanol–water partition coefficient (Wildman–Crippen LogP) is 3.18. The standard InChI is InChI=1S/C18H28N2O3/c1-17(2,3)23-16(22)19-12-18(4,14-7-8-14)20-11-13-5-9-15(21)10-6-13/h5-6,9-10,14,20-21H,7-8,11-12H2,1-4H3,(H,19,22). The normalized spacial score (nSPS) is 17.4. The van der Waals surface area contributed by atoms with Crippen molar-refractivity contribution in [3.63, 3.8) is 0 Å². The van der Waals surface area contributed by atoms with Crippen molar-refractivity contribution in [2.75, 3.05) is 6.54 Å². The minimum absolute atomic E-state index is 0.158. The smallest absolute Gasteiger partial charge is 0.407 e. The Morgan fingerprint density at radius 2 is 1.83 bits per heavy atom. The lowest BCUT2D eigenvalue weighted by molar-refractivity contribution is 0.0507. The summed E-state index contributed by atoms with van der Waals surface area (Å²) in [5, 5.41) is 15.8. The highest BCUT2D eigenvalue weighted by atomic mass is 16.6. The number of ether oxygens (including phenoxy) is 1. The van der Waals surface area contributed by atoms with Gasteiger partial charge in [-0.2, -0.15) is 0 Å². The highest BCUT2D eigenvalue weighted by Gasteiger charge is 2.41. The van der Waals surface area contributed by atoms with Gasteiger partial charge >= 0.3 is 6.09 Å². The third-order valence-corrected chi connectivity index (χ3v) is 4.11. The van der Waals surface area contributed by atoms with Gasteiger partial charge in [0.25, 0.3) is 0 Å². The number of carbonyl (C=O) groups is 1. The van der Waals surface area contributed by atoms with Crippen LogP contribution in [0.5, 0.6) is 5.75 Å². The Labute approximate surface area is 138 Å². The topological polar surface area (TPSA) is 70.6 Å². The number of phenolic OH excluding ortho intramolecular Hbond substituents is 1. The quantitative estimate of drug-likeness (QED) is 0.753. The Bertz CT molecular complexity index is 532. The van der Waals surface area contributed by atoms with Crippen LogP contribution in [0.1, 0.15) is 46.1 Å². The highest BCUT2D eigenvalue weighted by molar-refractivity contribution is 5.67. The summed E-state index contributed by atoms with van der Waals surface area (Å²) in [5.74, 6) is 0.833. The van der Waals surface area contributed by atoms with E-state index in [1.54, 1.807) is 12.1 Å². The van der Waals surface area contributed by atoms with Crippen LogP contribution in [0.15, 0.2) is 24.3 Å². The first-order valence-electron chi connectivity index (χ1n) is 8.18. The molecule has 0 aliphatic heterocycles. The molecular formula is C18H28N2O3. The van der Waals surface area contributed by atoms with Crippen molar-refractivity contribution in [2.24, 2.45) is 5.92 Å². The number of aromatic hydroxyl groups is 1. The number of alkyl carbamates (subject to hydrolysis) is 1. The molecule has 0 heterocycles. The molecule has 128 valence electrons. The van der Waals surface area contributed by atoms with E-state index in [2.05, 4.69) is 17.6 Å². The summed E-state index contributed by atoms with van der Waals surface area (Å²) in [4.78, 5) is 11.9. The molecule has 3 N–H and O–H groups in total. The number of amides is 1. The van der Waals surface area contributed by atoms with E-state index in [1.807, 2.05) is 32.9 Å². The summed E-state index contributed by atoms with van der Waals surface area (Å²) in [5.41, 5.74) is 0.459. The van der Waals surface area contributed by atoms with Crippen LogP contribution in [0.25, 0.3) is 0 Å². The summed E-state index contributed by atoms with van der Waals surface area (Å²) in [6.07, 6.45) is 1.97. The molecule has 1 aliphatic carbocycles. The van der Waals surface area contributed by atoms with Gasteiger partial charge in [-0.3, -0.25) is 0 Å². The Kier molecular flexibility index (Phi) is 5.19. The van der Waals surface area contributed by atoms with Gasteiger partial charge < -0.3 is 20.5 Å². The molecule has 0 saturated heterocycles. The lowest BCUT2D eigenvalue weighted by atomic mass is 9.95. The second-order valence-corrected chi connectivity index (χ2v) is 7.57. The van der Waals surface area contributed by atoms with E-state index in [9.17, 15) is 9.90 Å². The van der Waals surface area contributed by atoms with Gasteiger partial charge in [0.1, 0.15) is 11.4 Å². The molecule has 0 aromatic heterocycles. The van der Waals surface area contributed by atoms with E-state index >= 15 is 0 Å². The first-order valence-corrected chi connectivity index (χ1v) is 8.18. The average molecular weight is 320 g/mol.